The summed E-state index contributed by atoms with van der Waals surface area (Å²) < 4.78 is 42.9. The summed E-state index contributed by atoms with van der Waals surface area (Å²) in [6.45, 7) is 1.66. The van der Waals surface area contributed by atoms with Crippen LogP contribution < -0.4 is 15.2 Å². The molecule has 0 heterocycles. The fourth-order valence-electron chi connectivity index (χ4n) is 1.62. The first kappa shape index (κ1) is 15.9. The largest absolute Gasteiger partial charge is 0.495 e. The molecule has 1 rings (SSSR count). The maximum Gasteiger partial charge on any atom is 0.244 e. The molecule has 0 saturated carbocycles. The maximum absolute atomic E-state index is 12.2. The average molecular weight is 306 g/mol. The van der Waals surface area contributed by atoms with Crippen LogP contribution in [0, 0.1) is 0 Å². The predicted octanol–water partition coefficient (Wildman–Crippen LogP) is 0.323. The Balaban J connectivity index is 3.03. The van der Waals surface area contributed by atoms with E-state index >= 15 is 0 Å². The number of ether oxygens (including phenoxy) is 1. The van der Waals surface area contributed by atoms with E-state index in [0.29, 0.717) is 5.69 Å². The van der Waals surface area contributed by atoms with Gasteiger partial charge in [-0.1, -0.05) is 0 Å². The fraction of sp³-hybridized carbons (Fsp3) is 0.455. The third-order valence-electron chi connectivity index (χ3n) is 2.32. The maximum atomic E-state index is 12.2. The van der Waals surface area contributed by atoms with Crippen molar-refractivity contribution >= 4 is 26.5 Å². The summed E-state index contributed by atoms with van der Waals surface area (Å²) in [5.41, 5.74) is 5.99. The molecule has 1 aromatic carbocycles. The van der Waals surface area contributed by atoms with E-state index in [0.717, 1.165) is 0 Å². The minimum atomic E-state index is -3.73. The summed E-state index contributed by atoms with van der Waals surface area (Å²) in [5, 5.41) is 0. The van der Waals surface area contributed by atoms with E-state index in [-0.39, 0.29) is 16.4 Å². The molecule has 0 radical (unpaired) electrons. The number of rotatable bonds is 6. The van der Waals surface area contributed by atoms with E-state index in [1.807, 2.05) is 0 Å². The molecule has 0 aliphatic rings. The van der Waals surface area contributed by atoms with Crippen molar-refractivity contribution < 1.29 is 17.4 Å². The van der Waals surface area contributed by atoms with Gasteiger partial charge >= 0.3 is 0 Å². The first-order valence-corrected chi connectivity index (χ1v) is 8.73. The van der Waals surface area contributed by atoms with Crippen molar-refractivity contribution in [3.05, 3.63) is 18.2 Å². The highest BCUT2D eigenvalue weighted by Crippen LogP contribution is 2.25. The normalized spacial score (nSPS) is 14.9. The van der Waals surface area contributed by atoms with Crippen LogP contribution in [0.5, 0.6) is 5.75 Å². The van der Waals surface area contributed by atoms with Crippen LogP contribution in [0.4, 0.5) is 5.69 Å². The van der Waals surface area contributed by atoms with Gasteiger partial charge < -0.3 is 10.5 Å². The number of methoxy groups -OCH3 is 1. The Morgan fingerprint density at radius 3 is 2.63 bits per heavy atom. The third kappa shape index (κ3) is 4.48. The van der Waals surface area contributed by atoms with Crippen molar-refractivity contribution in [2.45, 2.75) is 17.9 Å². The lowest BCUT2D eigenvalue weighted by Crippen LogP contribution is -2.36. The molecular formula is C11H18N2O4S2. The minimum Gasteiger partial charge on any atom is -0.495 e. The molecule has 19 heavy (non-hydrogen) atoms. The van der Waals surface area contributed by atoms with E-state index in [9.17, 15) is 12.6 Å². The molecule has 0 spiro atoms. The summed E-state index contributed by atoms with van der Waals surface area (Å²) in [7, 11) is -3.43. The first-order chi connectivity index (χ1) is 8.76. The zero-order valence-electron chi connectivity index (χ0n) is 11.0. The quantitative estimate of drug-likeness (QED) is 0.738. The SMILES string of the molecule is COc1cc(N)ccc1S(=O)(=O)NC(C)CS(C)=O. The van der Waals surface area contributed by atoms with E-state index in [4.69, 9.17) is 10.5 Å². The number of nitrogen functional groups attached to an aromatic ring is 1. The van der Waals surface area contributed by atoms with E-state index in [2.05, 4.69) is 4.72 Å². The second kappa shape index (κ2) is 6.36. The molecule has 0 aromatic heterocycles. The Bertz CT molecular complexity index is 572. The first-order valence-electron chi connectivity index (χ1n) is 5.52. The molecule has 0 bridgehead atoms. The number of nitrogens with one attached hydrogen (secondary N) is 1. The van der Waals surface area contributed by atoms with Gasteiger partial charge in [-0.05, 0) is 19.1 Å². The Kier molecular flexibility index (Phi) is 5.33. The molecule has 0 fully saturated rings. The molecule has 2 unspecified atom stereocenters. The molecule has 8 heteroatoms. The molecule has 0 saturated heterocycles. The van der Waals surface area contributed by atoms with Gasteiger partial charge in [0.15, 0.2) is 0 Å². The van der Waals surface area contributed by atoms with E-state index < -0.39 is 26.9 Å². The number of nitrogens with two attached hydrogens (primary N) is 1. The van der Waals surface area contributed by atoms with Gasteiger partial charge in [0.1, 0.15) is 10.6 Å². The standard InChI is InChI=1S/C11H18N2O4S2/c1-8(7-18(3)14)13-19(15,16)11-5-4-9(12)6-10(11)17-2/h4-6,8,13H,7,12H2,1-3H3. The van der Waals surface area contributed by atoms with E-state index in [1.54, 1.807) is 6.92 Å². The third-order valence-corrected chi connectivity index (χ3v) is 4.92. The van der Waals surface area contributed by atoms with Gasteiger partial charge in [-0.15, -0.1) is 0 Å². The van der Waals surface area contributed by atoms with Crippen LogP contribution in [0.3, 0.4) is 0 Å². The highest BCUT2D eigenvalue weighted by atomic mass is 32.2. The zero-order valence-corrected chi connectivity index (χ0v) is 12.7. The van der Waals surface area contributed by atoms with E-state index in [1.165, 1.54) is 31.6 Å². The van der Waals surface area contributed by atoms with Gasteiger partial charge in [0, 0.05) is 40.6 Å². The monoisotopic (exact) mass is 306 g/mol. The van der Waals surface area contributed by atoms with Crippen LogP contribution in [0.1, 0.15) is 6.92 Å². The molecule has 3 N–H and O–H groups in total. The summed E-state index contributed by atoms with van der Waals surface area (Å²) in [4.78, 5) is 0.0120. The average Bonchev–Trinajstić information content (AvgIpc) is 2.26. The summed E-state index contributed by atoms with van der Waals surface area (Å²) in [6.07, 6.45) is 1.52. The number of hydrogen-bond acceptors (Lipinski definition) is 5. The van der Waals surface area contributed by atoms with Crippen LogP contribution in [0.15, 0.2) is 23.1 Å². The molecule has 0 aliphatic heterocycles. The predicted molar refractivity (Wildman–Crippen MR) is 76.1 cm³/mol. The van der Waals surface area contributed by atoms with Crippen molar-refractivity contribution in [2.24, 2.45) is 0 Å². The number of benzene rings is 1. The number of hydrogen-bond donors (Lipinski definition) is 2. The highest BCUT2D eigenvalue weighted by Gasteiger charge is 2.22. The lowest BCUT2D eigenvalue weighted by Gasteiger charge is -2.15. The molecule has 0 amide bonds. The zero-order chi connectivity index (χ0) is 14.6. The second-order valence-corrected chi connectivity index (χ2v) is 7.33. The van der Waals surface area contributed by atoms with Gasteiger partial charge in [-0.25, -0.2) is 13.1 Å². The molecular weight excluding hydrogens is 288 g/mol. The number of anilines is 1. The Morgan fingerprint density at radius 2 is 2.11 bits per heavy atom. The Labute approximate surface area is 115 Å². The Hall–Kier alpha value is -1.12. The summed E-state index contributed by atoms with van der Waals surface area (Å²) in [6, 6.07) is 3.88. The molecule has 6 nitrogen and oxygen atoms in total. The summed E-state index contributed by atoms with van der Waals surface area (Å²) >= 11 is 0. The lowest BCUT2D eigenvalue weighted by molar-refractivity contribution is 0.402. The molecule has 0 aliphatic carbocycles. The van der Waals surface area contributed by atoms with Gasteiger partial charge in [-0.2, -0.15) is 0 Å². The van der Waals surface area contributed by atoms with Crippen molar-refractivity contribution in [1.29, 1.82) is 0 Å². The van der Waals surface area contributed by atoms with Gasteiger partial charge in [0.25, 0.3) is 0 Å². The van der Waals surface area contributed by atoms with Crippen molar-refractivity contribution in [3.8, 4) is 5.75 Å². The fourth-order valence-corrected chi connectivity index (χ4v) is 3.91. The Morgan fingerprint density at radius 1 is 1.47 bits per heavy atom. The van der Waals surface area contributed by atoms with Crippen molar-refractivity contribution in [3.63, 3.8) is 0 Å². The smallest absolute Gasteiger partial charge is 0.244 e. The van der Waals surface area contributed by atoms with Crippen LogP contribution in [0.2, 0.25) is 0 Å². The minimum absolute atomic E-state index is 0.0120. The van der Waals surface area contributed by atoms with Crippen LogP contribution >= 0.6 is 0 Å². The van der Waals surface area contributed by atoms with Crippen LogP contribution in [-0.2, 0) is 20.8 Å². The molecule has 108 valence electrons. The van der Waals surface area contributed by atoms with Crippen molar-refractivity contribution in [1.82, 2.24) is 4.72 Å². The topological polar surface area (TPSA) is 98.5 Å². The summed E-state index contributed by atoms with van der Waals surface area (Å²) in [5.74, 6) is 0.425. The lowest BCUT2D eigenvalue weighted by atomic mass is 10.3. The van der Waals surface area contributed by atoms with Gasteiger partial charge in [-0.3, -0.25) is 4.21 Å². The molecule has 2 atom stereocenters. The van der Waals surface area contributed by atoms with Crippen LogP contribution in [-0.4, -0.2) is 37.8 Å². The van der Waals surface area contributed by atoms with Crippen LogP contribution in [0.25, 0.3) is 0 Å². The highest BCUT2D eigenvalue weighted by molar-refractivity contribution is 7.89. The number of sulfonamides is 1. The van der Waals surface area contributed by atoms with Gasteiger partial charge in [0.05, 0.1) is 7.11 Å². The van der Waals surface area contributed by atoms with Crippen molar-refractivity contribution in [2.75, 3.05) is 24.9 Å². The van der Waals surface area contributed by atoms with Gasteiger partial charge in [0.2, 0.25) is 10.0 Å². The second-order valence-electron chi connectivity index (χ2n) is 4.17. The molecule has 1 aromatic rings.